The molecule has 0 heterocycles. The molecule has 3 N–H and O–H groups in total. The van der Waals surface area contributed by atoms with Crippen molar-refractivity contribution in [3.63, 3.8) is 0 Å². The summed E-state index contributed by atoms with van der Waals surface area (Å²) in [6.07, 6.45) is -2.49. The molecule has 0 spiro atoms. The van der Waals surface area contributed by atoms with Crippen molar-refractivity contribution in [3.8, 4) is 0 Å². The first kappa shape index (κ1) is 16.4. The van der Waals surface area contributed by atoms with Crippen molar-refractivity contribution in [2.24, 2.45) is 11.7 Å². The van der Waals surface area contributed by atoms with Gasteiger partial charge >= 0.3 is 12.3 Å². The van der Waals surface area contributed by atoms with Crippen molar-refractivity contribution >= 4 is 18.3 Å². The molecule has 0 bridgehead atoms. The van der Waals surface area contributed by atoms with Crippen LogP contribution in [0, 0.1) is 5.92 Å². The smallest absolute Gasteiger partial charge is 0.344 e. The summed E-state index contributed by atoms with van der Waals surface area (Å²) in [6, 6.07) is 0. The number of carbonyl (C=O) groups is 1. The molecule has 1 fully saturated rings. The fourth-order valence-corrected chi connectivity index (χ4v) is 1.48. The molecule has 3 nitrogen and oxygen atoms in total. The van der Waals surface area contributed by atoms with Crippen LogP contribution in [0.5, 0.6) is 0 Å². The number of hydrogen-bond donors (Lipinski definition) is 2. The van der Waals surface area contributed by atoms with Crippen LogP contribution in [-0.4, -0.2) is 30.3 Å². The van der Waals surface area contributed by atoms with Gasteiger partial charge in [0.15, 0.2) is 0 Å². The lowest BCUT2D eigenvalue weighted by atomic mass is 9.95. The van der Waals surface area contributed by atoms with Crippen molar-refractivity contribution in [1.82, 2.24) is 5.32 Å². The first-order valence-corrected chi connectivity index (χ1v) is 4.92. The molecule has 1 aliphatic rings. The van der Waals surface area contributed by atoms with Crippen LogP contribution in [0.4, 0.5) is 17.6 Å². The van der Waals surface area contributed by atoms with Crippen molar-refractivity contribution in [2.45, 2.75) is 37.7 Å². The molecule has 1 atom stereocenters. The van der Waals surface area contributed by atoms with E-state index in [4.69, 9.17) is 5.73 Å². The van der Waals surface area contributed by atoms with E-state index in [1.165, 1.54) is 6.92 Å². The van der Waals surface area contributed by atoms with Crippen molar-refractivity contribution in [3.05, 3.63) is 0 Å². The normalized spacial score (nSPS) is 19.5. The minimum Gasteiger partial charge on any atom is -0.344 e. The number of rotatable bonds is 5. The van der Waals surface area contributed by atoms with Crippen LogP contribution in [0.2, 0.25) is 0 Å². The predicted octanol–water partition coefficient (Wildman–Crippen LogP) is 1.55. The Balaban J connectivity index is 0.00000256. The van der Waals surface area contributed by atoms with Crippen LogP contribution in [0.15, 0.2) is 0 Å². The number of hydrogen-bond acceptors (Lipinski definition) is 2. The summed E-state index contributed by atoms with van der Waals surface area (Å²) in [5.41, 5.74) is 4.35. The van der Waals surface area contributed by atoms with E-state index in [2.05, 4.69) is 0 Å². The van der Waals surface area contributed by atoms with Crippen LogP contribution in [0.25, 0.3) is 0 Å². The Bertz CT molecular complexity index is 286. The molecule has 0 aromatic rings. The maximum absolute atomic E-state index is 12.7. The fourth-order valence-electron chi connectivity index (χ4n) is 1.48. The third-order valence-electron chi connectivity index (χ3n) is 2.88. The minimum atomic E-state index is -4.66. The lowest BCUT2D eigenvalue weighted by molar-refractivity contribution is -0.171. The summed E-state index contributed by atoms with van der Waals surface area (Å²) in [7, 11) is 0. The molecule has 8 heteroatoms. The molecule has 0 aromatic heterocycles. The number of carbonyl (C=O) groups excluding carboxylic acids is 1. The van der Waals surface area contributed by atoms with E-state index in [1.807, 2.05) is 5.32 Å². The molecule has 1 amide bonds. The van der Waals surface area contributed by atoms with Crippen LogP contribution in [-0.2, 0) is 4.79 Å². The highest BCUT2D eigenvalue weighted by molar-refractivity contribution is 5.85. The number of alkyl halides is 4. The van der Waals surface area contributed by atoms with Crippen LogP contribution in [0.1, 0.15) is 19.8 Å². The summed E-state index contributed by atoms with van der Waals surface area (Å²) >= 11 is 0. The van der Waals surface area contributed by atoms with E-state index < -0.39 is 23.8 Å². The van der Waals surface area contributed by atoms with Gasteiger partial charge in [-0.2, -0.15) is 8.78 Å². The number of amides is 1. The molecule has 1 rings (SSSR count). The molecule has 1 saturated carbocycles. The van der Waals surface area contributed by atoms with Gasteiger partial charge in [-0.05, 0) is 25.7 Å². The van der Waals surface area contributed by atoms with Crippen molar-refractivity contribution < 1.29 is 22.4 Å². The topological polar surface area (TPSA) is 55.1 Å². The van der Waals surface area contributed by atoms with E-state index in [-0.39, 0.29) is 24.9 Å². The van der Waals surface area contributed by atoms with E-state index in [0.717, 1.165) is 12.8 Å². The van der Waals surface area contributed by atoms with Gasteiger partial charge in [-0.3, -0.25) is 4.79 Å². The summed E-state index contributed by atoms with van der Waals surface area (Å²) in [6.45, 7) is 1.44. The third-order valence-corrected chi connectivity index (χ3v) is 2.88. The Labute approximate surface area is 103 Å². The Morgan fingerprint density at radius 2 is 1.94 bits per heavy atom. The summed E-state index contributed by atoms with van der Waals surface area (Å²) in [5.74, 6) is -6.62. The monoisotopic (exact) mass is 278 g/mol. The van der Waals surface area contributed by atoms with Crippen molar-refractivity contribution in [2.75, 3.05) is 6.54 Å². The average molecular weight is 279 g/mol. The number of halogens is 5. The minimum absolute atomic E-state index is 0. The van der Waals surface area contributed by atoms with Gasteiger partial charge in [-0.1, -0.05) is 0 Å². The lowest BCUT2D eigenvalue weighted by Crippen LogP contribution is -2.58. The van der Waals surface area contributed by atoms with Gasteiger partial charge in [0.25, 0.3) is 5.91 Å². The highest BCUT2D eigenvalue weighted by Gasteiger charge is 2.52. The first-order chi connectivity index (χ1) is 7.24. The molecule has 102 valence electrons. The largest absolute Gasteiger partial charge is 0.383 e. The highest BCUT2D eigenvalue weighted by atomic mass is 35.5. The molecule has 0 saturated heterocycles. The van der Waals surface area contributed by atoms with Gasteiger partial charge in [0, 0.05) is 6.54 Å². The standard InChI is InChI=1S/C9H14F4N2O.ClH/c1-8(4-14,5-2-3-5)15-7(16)9(12,13)6(10)11;/h5-6H,2-4,14H2,1H3,(H,15,16);1H. The van der Waals surface area contributed by atoms with E-state index in [0.29, 0.717) is 0 Å². The van der Waals surface area contributed by atoms with E-state index in [9.17, 15) is 22.4 Å². The summed E-state index contributed by atoms with van der Waals surface area (Å²) in [4.78, 5) is 11.0. The first-order valence-electron chi connectivity index (χ1n) is 4.92. The van der Waals surface area contributed by atoms with Gasteiger partial charge in [0.2, 0.25) is 0 Å². The second-order valence-corrected chi connectivity index (χ2v) is 4.27. The Morgan fingerprint density at radius 3 is 2.24 bits per heavy atom. The molecular weight excluding hydrogens is 264 g/mol. The van der Waals surface area contributed by atoms with Crippen LogP contribution in [0.3, 0.4) is 0 Å². The Morgan fingerprint density at radius 1 is 1.47 bits per heavy atom. The molecular formula is C9H15ClF4N2O. The van der Waals surface area contributed by atoms with Crippen LogP contribution < -0.4 is 11.1 Å². The molecule has 0 aromatic carbocycles. The van der Waals surface area contributed by atoms with Gasteiger partial charge < -0.3 is 11.1 Å². The quantitative estimate of drug-likeness (QED) is 0.750. The molecule has 1 unspecified atom stereocenters. The lowest BCUT2D eigenvalue weighted by Gasteiger charge is -2.31. The van der Waals surface area contributed by atoms with E-state index in [1.54, 1.807) is 0 Å². The van der Waals surface area contributed by atoms with Gasteiger partial charge in [0.1, 0.15) is 0 Å². The Kier molecular flexibility index (Phi) is 5.21. The zero-order chi connectivity index (χ0) is 12.6. The zero-order valence-corrected chi connectivity index (χ0v) is 10.00. The second kappa shape index (κ2) is 5.39. The van der Waals surface area contributed by atoms with Crippen molar-refractivity contribution in [1.29, 1.82) is 0 Å². The fraction of sp³-hybridized carbons (Fsp3) is 0.889. The number of nitrogens with two attached hydrogens (primary N) is 1. The predicted molar refractivity (Wildman–Crippen MR) is 56.5 cm³/mol. The molecule has 0 radical (unpaired) electrons. The molecule has 17 heavy (non-hydrogen) atoms. The SMILES string of the molecule is CC(CN)(NC(=O)C(F)(F)C(F)F)C1CC1.Cl. The number of nitrogens with one attached hydrogen (secondary N) is 1. The maximum Gasteiger partial charge on any atom is 0.383 e. The average Bonchev–Trinajstić information content (AvgIpc) is 3.00. The maximum atomic E-state index is 12.7. The highest BCUT2D eigenvalue weighted by Crippen LogP contribution is 2.39. The van der Waals surface area contributed by atoms with Gasteiger partial charge in [0.05, 0.1) is 5.54 Å². The van der Waals surface area contributed by atoms with Gasteiger partial charge in [-0.15, -0.1) is 12.4 Å². The second-order valence-electron chi connectivity index (χ2n) is 4.27. The summed E-state index contributed by atoms with van der Waals surface area (Å²) < 4.78 is 49.2. The zero-order valence-electron chi connectivity index (χ0n) is 9.18. The summed E-state index contributed by atoms with van der Waals surface area (Å²) in [5, 5.41) is 1.93. The Hall–Kier alpha value is -0.560. The molecule has 0 aliphatic heterocycles. The van der Waals surface area contributed by atoms with E-state index >= 15 is 0 Å². The molecule has 1 aliphatic carbocycles. The van der Waals surface area contributed by atoms with Gasteiger partial charge in [-0.25, -0.2) is 8.78 Å². The third kappa shape index (κ3) is 3.45. The van der Waals surface area contributed by atoms with Crippen LogP contribution >= 0.6 is 12.4 Å².